The highest BCUT2D eigenvalue weighted by Crippen LogP contribution is 2.22. The van der Waals surface area contributed by atoms with Crippen molar-refractivity contribution in [3.8, 4) is 0 Å². The predicted molar refractivity (Wildman–Crippen MR) is 119 cm³/mol. The fraction of sp³-hybridized carbons (Fsp3) is 0.227. The first kappa shape index (κ1) is 21.9. The van der Waals surface area contributed by atoms with Gasteiger partial charge < -0.3 is 20.9 Å². The number of rotatable bonds is 7. The molecule has 0 aliphatic carbocycles. The third-order valence-electron chi connectivity index (χ3n) is 4.53. The van der Waals surface area contributed by atoms with Gasteiger partial charge in [0.15, 0.2) is 0 Å². The highest BCUT2D eigenvalue weighted by Gasteiger charge is 2.12. The van der Waals surface area contributed by atoms with E-state index in [-0.39, 0.29) is 0 Å². The zero-order valence-electron chi connectivity index (χ0n) is 17.5. The number of halogens is 2. The third kappa shape index (κ3) is 5.65. The quantitative estimate of drug-likeness (QED) is 0.478. The Balaban J connectivity index is 1.66. The first-order valence-corrected chi connectivity index (χ1v) is 9.89. The number of carbonyl (C=O) groups excluding carboxylic acids is 1. The lowest BCUT2D eigenvalue weighted by Gasteiger charge is -2.20. The molecule has 1 heterocycles. The molecule has 3 aromatic rings. The van der Waals surface area contributed by atoms with Crippen LogP contribution in [-0.4, -0.2) is 29.1 Å². The second-order valence-corrected chi connectivity index (χ2v) is 6.71. The van der Waals surface area contributed by atoms with Crippen molar-refractivity contribution in [3.63, 3.8) is 0 Å². The molecule has 31 heavy (non-hydrogen) atoms. The van der Waals surface area contributed by atoms with Crippen LogP contribution in [0, 0.1) is 18.6 Å². The molecule has 3 N–H and O–H groups in total. The molecule has 9 heteroatoms. The van der Waals surface area contributed by atoms with Crippen molar-refractivity contribution in [2.75, 3.05) is 33.9 Å². The van der Waals surface area contributed by atoms with Crippen LogP contribution in [0.1, 0.15) is 19.7 Å². The van der Waals surface area contributed by atoms with Gasteiger partial charge in [-0.15, -0.1) is 0 Å². The molecule has 1 aromatic heterocycles. The second kappa shape index (κ2) is 9.84. The molecular formula is C22H24F2N6O. The van der Waals surface area contributed by atoms with E-state index in [1.54, 1.807) is 24.3 Å². The molecule has 0 spiro atoms. The minimum absolute atomic E-state index is 0.461. The highest BCUT2D eigenvalue weighted by molar-refractivity contribution is 6.00. The summed E-state index contributed by atoms with van der Waals surface area (Å²) in [5, 5.41) is 7.94. The van der Waals surface area contributed by atoms with Crippen molar-refractivity contribution >= 4 is 34.7 Å². The summed E-state index contributed by atoms with van der Waals surface area (Å²) in [4.78, 5) is 23.1. The predicted octanol–water partition coefficient (Wildman–Crippen LogP) is 5.30. The Morgan fingerprint density at radius 3 is 2.16 bits per heavy atom. The van der Waals surface area contributed by atoms with E-state index in [0.717, 1.165) is 36.7 Å². The summed E-state index contributed by atoms with van der Waals surface area (Å²) >= 11 is 0. The fourth-order valence-electron chi connectivity index (χ4n) is 3.00. The summed E-state index contributed by atoms with van der Waals surface area (Å²) in [6, 6.07) is 11.3. The number of urea groups is 1. The number of aryl methyl sites for hydroxylation is 1. The van der Waals surface area contributed by atoms with Gasteiger partial charge in [0.25, 0.3) is 0 Å². The Morgan fingerprint density at radius 2 is 1.55 bits per heavy atom. The maximum atomic E-state index is 13.7. The Kier molecular flexibility index (Phi) is 6.96. The van der Waals surface area contributed by atoms with Crippen molar-refractivity contribution in [2.45, 2.75) is 20.8 Å². The first-order valence-electron chi connectivity index (χ1n) is 9.89. The molecule has 162 valence electrons. The van der Waals surface area contributed by atoms with Crippen LogP contribution in [0.2, 0.25) is 0 Å². The van der Waals surface area contributed by atoms with Gasteiger partial charge in [-0.2, -0.15) is 0 Å². The largest absolute Gasteiger partial charge is 0.357 e. The monoisotopic (exact) mass is 426 g/mol. The van der Waals surface area contributed by atoms with Gasteiger partial charge in [0.1, 0.15) is 34.8 Å². The van der Waals surface area contributed by atoms with Crippen molar-refractivity contribution in [1.82, 2.24) is 9.97 Å². The van der Waals surface area contributed by atoms with Crippen LogP contribution in [0.25, 0.3) is 0 Å². The van der Waals surface area contributed by atoms with Crippen molar-refractivity contribution in [1.29, 1.82) is 0 Å². The Hall–Kier alpha value is -3.75. The van der Waals surface area contributed by atoms with E-state index < -0.39 is 23.4 Å². The van der Waals surface area contributed by atoms with Crippen molar-refractivity contribution in [3.05, 3.63) is 66.0 Å². The molecule has 0 saturated carbocycles. The lowest BCUT2D eigenvalue weighted by molar-refractivity contribution is 0.262. The SMILES string of the molecule is CCN(CC)c1cc(Nc2ccc(NC(=O)Nc3c(F)cccc3F)cc2)nc(C)n1. The number of hydrogen-bond donors (Lipinski definition) is 3. The second-order valence-electron chi connectivity index (χ2n) is 6.71. The molecule has 0 unspecified atom stereocenters. The highest BCUT2D eigenvalue weighted by atomic mass is 19.1. The molecule has 0 atom stereocenters. The van der Waals surface area contributed by atoms with E-state index in [4.69, 9.17) is 0 Å². The molecule has 0 aliphatic heterocycles. The van der Waals surface area contributed by atoms with E-state index in [1.165, 1.54) is 6.07 Å². The van der Waals surface area contributed by atoms with Gasteiger partial charge >= 0.3 is 6.03 Å². The summed E-state index contributed by atoms with van der Waals surface area (Å²) in [5.74, 6) is 0.457. The Morgan fingerprint density at radius 1 is 0.935 bits per heavy atom. The maximum Gasteiger partial charge on any atom is 0.323 e. The van der Waals surface area contributed by atoms with Crippen molar-refractivity contribution in [2.24, 2.45) is 0 Å². The number of carbonyl (C=O) groups is 1. The molecule has 0 radical (unpaired) electrons. The maximum absolute atomic E-state index is 13.7. The van der Waals surface area contributed by atoms with Crippen LogP contribution >= 0.6 is 0 Å². The van der Waals surface area contributed by atoms with Crippen molar-refractivity contribution < 1.29 is 13.6 Å². The van der Waals surface area contributed by atoms with Crippen LogP contribution < -0.4 is 20.9 Å². The smallest absolute Gasteiger partial charge is 0.323 e. The number of para-hydroxylation sites is 1. The topological polar surface area (TPSA) is 82.2 Å². The molecule has 2 amide bonds. The van der Waals surface area contributed by atoms with Crippen LogP contribution in [-0.2, 0) is 0 Å². The molecule has 3 rings (SSSR count). The average molecular weight is 426 g/mol. The molecule has 0 saturated heterocycles. The van der Waals surface area contributed by atoms with E-state index in [0.29, 0.717) is 17.3 Å². The summed E-state index contributed by atoms with van der Waals surface area (Å²) in [7, 11) is 0. The minimum Gasteiger partial charge on any atom is -0.357 e. The summed E-state index contributed by atoms with van der Waals surface area (Å²) in [5.41, 5.74) is 0.721. The molecule has 0 aliphatic rings. The number of amides is 2. The fourth-order valence-corrected chi connectivity index (χ4v) is 3.00. The standard InChI is InChI=1S/C22H24F2N6O/c1-4-30(5-2)20-13-19(25-14(3)26-20)27-15-9-11-16(12-10-15)28-22(31)29-21-17(23)7-6-8-18(21)24/h6-13H,4-5H2,1-3H3,(H,25,26,27)(H2,28,29,31). The average Bonchev–Trinajstić information content (AvgIpc) is 2.73. The molecule has 0 fully saturated rings. The van der Waals surface area contributed by atoms with E-state index in [9.17, 15) is 13.6 Å². The molecular weight excluding hydrogens is 402 g/mol. The minimum atomic E-state index is -0.848. The van der Waals surface area contributed by atoms with Gasteiger partial charge in [-0.25, -0.2) is 23.5 Å². The molecule has 7 nitrogen and oxygen atoms in total. The number of nitrogens with zero attached hydrogens (tertiary/aromatic N) is 3. The van der Waals surface area contributed by atoms with Gasteiger partial charge in [0.05, 0.1) is 0 Å². The molecule has 2 aromatic carbocycles. The van der Waals surface area contributed by atoms with Gasteiger partial charge in [-0.3, -0.25) is 0 Å². The zero-order valence-corrected chi connectivity index (χ0v) is 17.5. The van der Waals surface area contributed by atoms with E-state index >= 15 is 0 Å². The zero-order chi connectivity index (χ0) is 22.4. The lowest BCUT2D eigenvalue weighted by atomic mass is 10.2. The van der Waals surface area contributed by atoms with Crippen LogP contribution in [0.3, 0.4) is 0 Å². The van der Waals surface area contributed by atoms with Crippen LogP contribution in [0.15, 0.2) is 48.5 Å². The number of nitrogens with one attached hydrogen (secondary N) is 3. The van der Waals surface area contributed by atoms with Gasteiger partial charge in [-0.05, 0) is 57.2 Å². The first-order chi connectivity index (χ1) is 14.9. The number of anilines is 5. The number of hydrogen-bond acceptors (Lipinski definition) is 5. The van der Waals surface area contributed by atoms with Crippen LogP contribution in [0.4, 0.5) is 42.3 Å². The summed E-state index contributed by atoms with van der Waals surface area (Å²) < 4.78 is 27.3. The van der Waals surface area contributed by atoms with E-state index in [1.807, 2.05) is 13.0 Å². The Bertz CT molecular complexity index is 1030. The summed E-state index contributed by atoms with van der Waals surface area (Å²) in [6.07, 6.45) is 0. The number of aromatic nitrogens is 2. The third-order valence-corrected chi connectivity index (χ3v) is 4.53. The van der Waals surface area contributed by atoms with Gasteiger partial charge in [0.2, 0.25) is 0 Å². The van der Waals surface area contributed by atoms with Gasteiger partial charge in [-0.1, -0.05) is 6.07 Å². The van der Waals surface area contributed by atoms with Gasteiger partial charge in [0, 0.05) is 30.5 Å². The van der Waals surface area contributed by atoms with E-state index in [2.05, 4.69) is 44.7 Å². The van der Waals surface area contributed by atoms with Crippen LogP contribution in [0.5, 0.6) is 0 Å². The Labute approximate surface area is 179 Å². The lowest BCUT2D eigenvalue weighted by Crippen LogP contribution is -2.23. The molecule has 0 bridgehead atoms. The summed E-state index contributed by atoms with van der Waals surface area (Å²) in [6.45, 7) is 7.65. The normalized spacial score (nSPS) is 10.5. The number of benzene rings is 2.